The van der Waals surface area contributed by atoms with Crippen LogP contribution in [0.4, 0.5) is 39.5 Å². The van der Waals surface area contributed by atoms with Crippen molar-refractivity contribution >= 4 is 28.9 Å². The zero-order valence-corrected chi connectivity index (χ0v) is 30.4. The lowest BCUT2D eigenvalue weighted by molar-refractivity contribution is -0.193. The summed E-state index contributed by atoms with van der Waals surface area (Å²) in [6.45, 7) is 1.33. The molecule has 4 aromatic rings. The number of carbonyl (C=O) groups excluding carboxylic acids is 1. The van der Waals surface area contributed by atoms with Crippen molar-refractivity contribution in [2.24, 2.45) is 0 Å². The fraction of sp³-hybridized carbons (Fsp3) is 0.486. The number of aromatic nitrogens is 6. The molecule has 15 nitrogen and oxygen atoms in total. The van der Waals surface area contributed by atoms with Gasteiger partial charge in [-0.25, -0.2) is 24.5 Å². The number of hydrogen-bond acceptors (Lipinski definition) is 10. The average molecular weight is 848 g/mol. The maximum atomic E-state index is 13.6. The first kappa shape index (κ1) is 44.1. The normalized spacial score (nSPS) is 19.4. The van der Waals surface area contributed by atoms with Crippen LogP contribution >= 0.6 is 0 Å². The number of hydrogen-bond donors (Lipinski definition) is 4. The monoisotopic (exact) mass is 847 g/mol. The van der Waals surface area contributed by atoms with Gasteiger partial charge in [0.2, 0.25) is 5.88 Å². The molecule has 1 saturated heterocycles. The molecule has 5 heterocycles. The summed E-state index contributed by atoms with van der Waals surface area (Å²) in [5.41, 5.74) is 0.677. The Balaban J connectivity index is 0.000000407. The van der Waals surface area contributed by atoms with E-state index in [-0.39, 0.29) is 29.6 Å². The summed E-state index contributed by atoms with van der Waals surface area (Å²) < 4.78 is 112. The van der Waals surface area contributed by atoms with Crippen LogP contribution in [0.3, 0.4) is 0 Å². The SMILES string of the molecule is N#CCC1(n2cc(-c3ncnc4[nH]ccc34)cn2)CN([C@H]2CC[C@@H](Oc3cc(C(=O)NC4CCC4)cc(C(F)(F)F)n3)CC2)C1.O=C(O)C(F)(F)F.O=C(O)C(F)(F)F. The molecule has 7 rings (SSSR count). The highest BCUT2D eigenvalue weighted by Crippen LogP contribution is 2.39. The summed E-state index contributed by atoms with van der Waals surface area (Å²) >= 11 is 0. The van der Waals surface area contributed by atoms with Crippen molar-refractivity contribution in [2.45, 2.75) is 93.6 Å². The lowest BCUT2D eigenvalue weighted by Crippen LogP contribution is -2.65. The molecule has 3 aliphatic rings. The molecule has 0 bridgehead atoms. The minimum atomic E-state index is -5.08. The maximum absolute atomic E-state index is 13.6. The number of H-pyrrole nitrogens is 1. The molecule has 0 spiro atoms. The minimum absolute atomic E-state index is 0.00239. The first-order valence-corrected chi connectivity index (χ1v) is 17.7. The number of aliphatic carboxylic acids is 2. The van der Waals surface area contributed by atoms with E-state index < -0.39 is 47.6 Å². The van der Waals surface area contributed by atoms with E-state index in [0.29, 0.717) is 32.4 Å². The number of nitrogens with one attached hydrogen (secondary N) is 2. The van der Waals surface area contributed by atoms with Crippen LogP contribution in [0.25, 0.3) is 22.3 Å². The fourth-order valence-electron chi connectivity index (χ4n) is 6.62. The van der Waals surface area contributed by atoms with Crippen molar-refractivity contribution in [3.8, 4) is 23.2 Å². The number of likely N-dealkylation sites (tertiary alicyclic amines) is 1. The fourth-order valence-corrected chi connectivity index (χ4v) is 6.62. The van der Waals surface area contributed by atoms with E-state index in [0.717, 1.165) is 60.5 Å². The molecule has 2 saturated carbocycles. The number of aromatic amines is 1. The van der Waals surface area contributed by atoms with Crippen LogP contribution in [-0.4, -0.2) is 106 Å². The Morgan fingerprint density at radius 3 is 2.12 bits per heavy atom. The van der Waals surface area contributed by atoms with Crippen LogP contribution in [0.15, 0.2) is 43.1 Å². The van der Waals surface area contributed by atoms with E-state index in [1.165, 1.54) is 12.4 Å². The van der Waals surface area contributed by atoms with Crippen molar-refractivity contribution in [2.75, 3.05) is 13.1 Å². The van der Waals surface area contributed by atoms with Gasteiger partial charge in [-0.3, -0.25) is 14.4 Å². The van der Waals surface area contributed by atoms with E-state index in [1.807, 2.05) is 23.1 Å². The number of carboxylic acids is 2. The van der Waals surface area contributed by atoms with Crippen LogP contribution in [-0.2, 0) is 21.3 Å². The Hall–Kier alpha value is -5.99. The standard InChI is InChI=1S/C31H32F3N9O2.2C2HF3O2/c32-31(33,34)25-12-19(29(44)40-21-2-1-3-21)13-26(41-25)45-23-6-4-22(5-7-23)42-16-30(17-42,9-10-35)43-15-20(14-39-43)27-24-8-11-36-28(24)38-18-37-27;2*3-2(4,5)1(6)7/h8,11-15,18,21-23H,1-7,9,16-17H2,(H,40,44)(H,36,37,38);2*(H,6,7)/t22-,23+;;. The Morgan fingerprint density at radius 2 is 1.58 bits per heavy atom. The number of amides is 1. The van der Waals surface area contributed by atoms with Crippen molar-refractivity contribution < 1.29 is 68.8 Å². The third-order valence-corrected chi connectivity index (χ3v) is 9.83. The van der Waals surface area contributed by atoms with E-state index >= 15 is 0 Å². The second-order valence-corrected chi connectivity index (χ2v) is 13.9. The Labute approximate surface area is 327 Å². The van der Waals surface area contributed by atoms with E-state index in [2.05, 4.69) is 41.3 Å². The number of nitriles is 1. The molecule has 0 radical (unpaired) electrons. The predicted molar refractivity (Wildman–Crippen MR) is 183 cm³/mol. The number of alkyl halides is 9. The highest BCUT2D eigenvalue weighted by molar-refractivity contribution is 5.95. The lowest BCUT2D eigenvalue weighted by Gasteiger charge is -2.53. The van der Waals surface area contributed by atoms with Gasteiger partial charge in [-0.05, 0) is 57.1 Å². The third-order valence-electron chi connectivity index (χ3n) is 9.83. The molecule has 318 valence electrons. The predicted octanol–water partition coefficient (Wildman–Crippen LogP) is 6.10. The third kappa shape index (κ3) is 10.9. The molecule has 1 aliphatic heterocycles. The summed E-state index contributed by atoms with van der Waals surface area (Å²) in [6.07, 6.45) is -2.32. The Bertz CT molecular complexity index is 2140. The molecule has 0 aromatic carbocycles. The molecular weight excluding hydrogens is 813 g/mol. The molecular formula is C35H34F9N9O6. The van der Waals surface area contributed by atoms with Crippen LogP contribution in [0.1, 0.15) is 67.4 Å². The molecule has 0 atom stereocenters. The molecule has 4 aromatic heterocycles. The summed E-state index contributed by atoms with van der Waals surface area (Å²) in [5, 5.41) is 32.2. The van der Waals surface area contributed by atoms with Crippen molar-refractivity contribution in [3.63, 3.8) is 0 Å². The minimum Gasteiger partial charge on any atom is -0.475 e. The number of carbonyl (C=O) groups is 3. The quantitative estimate of drug-likeness (QED) is 0.148. The van der Waals surface area contributed by atoms with E-state index in [4.69, 9.17) is 24.5 Å². The molecule has 2 aliphatic carbocycles. The van der Waals surface area contributed by atoms with Crippen molar-refractivity contribution in [1.82, 2.24) is 39.9 Å². The highest BCUT2D eigenvalue weighted by Gasteiger charge is 2.48. The maximum Gasteiger partial charge on any atom is 0.490 e. The van der Waals surface area contributed by atoms with Gasteiger partial charge in [0.05, 0.1) is 24.4 Å². The number of rotatable bonds is 8. The number of carboxylic acid groups (broad SMARTS) is 2. The van der Waals surface area contributed by atoms with Gasteiger partial charge >= 0.3 is 30.5 Å². The highest BCUT2D eigenvalue weighted by atomic mass is 19.4. The molecule has 24 heteroatoms. The van der Waals surface area contributed by atoms with Crippen molar-refractivity contribution in [1.29, 1.82) is 5.26 Å². The largest absolute Gasteiger partial charge is 0.490 e. The number of nitrogens with zero attached hydrogens (tertiary/aromatic N) is 7. The number of ether oxygens (including phenoxy) is 1. The summed E-state index contributed by atoms with van der Waals surface area (Å²) in [6, 6.07) is 6.60. The molecule has 0 unspecified atom stereocenters. The smallest absolute Gasteiger partial charge is 0.475 e. The Kier molecular flexibility index (Phi) is 13.1. The van der Waals surface area contributed by atoms with Crippen LogP contribution in [0, 0.1) is 11.3 Å². The summed E-state index contributed by atoms with van der Waals surface area (Å²) in [4.78, 5) is 48.3. The number of halogens is 9. The zero-order valence-electron chi connectivity index (χ0n) is 30.4. The van der Waals surface area contributed by atoms with Crippen LogP contribution in [0.2, 0.25) is 0 Å². The first-order valence-electron chi connectivity index (χ1n) is 17.7. The molecule has 59 heavy (non-hydrogen) atoms. The molecule has 3 fully saturated rings. The second-order valence-electron chi connectivity index (χ2n) is 13.9. The van der Waals surface area contributed by atoms with E-state index in [9.17, 15) is 49.6 Å². The molecule has 4 N–H and O–H groups in total. The van der Waals surface area contributed by atoms with Gasteiger partial charge in [0.25, 0.3) is 5.91 Å². The van der Waals surface area contributed by atoms with Gasteiger partial charge < -0.3 is 25.3 Å². The van der Waals surface area contributed by atoms with Gasteiger partial charge in [0, 0.05) is 60.1 Å². The lowest BCUT2D eigenvalue weighted by atomic mass is 9.82. The van der Waals surface area contributed by atoms with Gasteiger partial charge in [-0.15, -0.1) is 0 Å². The number of pyridine rings is 1. The first-order chi connectivity index (χ1) is 27.6. The van der Waals surface area contributed by atoms with Crippen molar-refractivity contribution in [3.05, 3.63) is 54.4 Å². The summed E-state index contributed by atoms with van der Waals surface area (Å²) in [7, 11) is 0. The van der Waals surface area contributed by atoms with Gasteiger partial charge in [0.15, 0.2) is 0 Å². The van der Waals surface area contributed by atoms with Crippen LogP contribution < -0.4 is 10.1 Å². The second kappa shape index (κ2) is 17.5. The van der Waals surface area contributed by atoms with Gasteiger partial charge in [-0.2, -0.15) is 49.9 Å². The van der Waals surface area contributed by atoms with E-state index in [1.54, 1.807) is 6.20 Å². The average Bonchev–Trinajstić information content (AvgIpc) is 3.82. The number of fused-ring (bicyclic) bond motifs is 1. The Morgan fingerprint density at radius 1 is 0.949 bits per heavy atom. The van der Waals surface area contributed by atoms with Crippen LogP contribution in [0.5, 0.6) is 5.88 Å². The van der Waals surface area contributed by atoms with Gasteiger partial charge in [0.1, 0.15) is 29.3 Å². The zero-order chi connectivity index (χ0) is 43.3. The van der Waals surface area contributed by atoms with Gasteiger partial charge in [-0.1, -0.05) is 0 Å². The molecule has 1 amide bonds. The topological polar surface area (TPSA) is 212 Å². The summed E-state index contributed by atoms with van der Waals surface area (Å²) in [5.74, 6) is -6.24.